The molecule has 8 heteroatoms. The molecule has 7 nitrogen and oxygen atoms in total. The van der Waals surface area contributed by atoms with Crippen molar-refractivity contribution in [3.8, 4) is 10.7 Å². The number of anilines is 2. The fourth-order valence-corrected chi connectivity index (χ4v) is 3.94. The topological polar surface area (TPSA) is 88.1 Å². The third kappa shape index (κ3) is 3.50. The van der Waals surface area contributed by atoms with Gasteiger partial charge in [-0.25, -0.2) is 0 Å². The smallest absolute Gasteiger partial charge is 0.231 e. The molecule has 0 aliphatic carbocycles. The van der Waals surface area contributed by atoms with Gasteiger partial charge in [0.15, 0.2) is 5.01 Å². The van der Waals surface area contributed by atoms with Crippen molar-refractivity contribution in [2.75, 3.05) is 16.8 Å². The number of carbonyl (C=O) groups is 2. The maximum atomic E-state index is 12.7. The van der Waals surface area contributed by atoms with Gasteiger partial charge >= 0.3 is 0 Å². The zero-order chi connectivity index (χ0) is 19.7. The van der Waals surface area contributed by atoms with E-state index in [2.05, 4.69) is 20.5 Å². The van der Waals surface area contributed by atoms with Crippen LogP contribution in [0.2, 0.25) is 0 Å². The van der Waals surface area contributed by atoms with Crippen LogP contribution in [0.4, 0.5) is 10.8 Å². The van der Waals surface area contributed by atoms with E-state index < -0.39 is 5.92 Å². The fourth-order valence-electron chi connectivity index (χ4n) is 3.22. The predicted octanol–water partition coefficient (Wildman–Crippen LogP) is 3.21. The number of hydrogen-bond acceptors (Lipinski definition) is 6. The summed E-state index contributed by atoms with van der Waals surface area (Å²) in [5, 5.41) is 11.9. The summed E-state index contributed by atoms with van der Waals surface area (Å²) in [5.41, 5.74) is 3.75. The number of aryl methyl sites for hydroxylation is 1. The van der Waals surface area contributed by atoms with Crippen molar-refractivity contribution in [3.05, 3.63) is 53.7 Å². The van der Waals surface area contributed by atoms with Crippen LogP contribution >= 0.6 is 11.3 Å². The largest absolute Gasteiger partial charge is 0.311 e. The lowest BCUT2D eigenvalue weighted by atomic mass is 10.1. The van der Waals surface area contributed by atoms with Crippen LogP contribution in [0.15, 0.2) is 42.6 Å². The highest BCUT2D eigenvalue weighted by atomic mass is 32.1. The van der Waals surface area contributed by atoms with Crippen LogP contribution in [-0.4, -0.2) is 33.5 Å². The average Bonchev–Trinajstić information content (AvgIpc) is 3.32. The monoisotopic (exact) mass is 393 g/mol. The number of carbonyl (C=O) groups excluding carboxylic acids is 2. The molecule has 28 heavy (non-hydrogen) atoms. The van der Waals surface area contributed by atoms with E-state index >= 15 is 0 Å². The summed E-state index contributed by atoms with van der Waals surface area (Å²) in [6.07, 6.45) is 1.87. The van der Waals surface area contributed by atoms with Crippen molar-refractivity contribution >= 4 is 34.0 Å². The molecule has 1 N–H and O–H groups in total. The Hall–Kier alpha value is -3.13. The molecule has 3 heterocycles. The maximum absolute atomic E-state index is 12.7. The minimum absolute atomic E-state index is 0.0414. The number of hydrogen-bond donors (Lipinski definition) is 1. The molecule has 0 bridgehead atoms. The van der Waals surface area contributed by atoms with E-state index in [0.717, 1.165) is 16.8 Å². The molecule has 2 aromatic heterocycles. The van der Waals surface area contributed by atoms with Gasteiger partial charge in [-0.2, -0.15) is 0 Å². The third-order valence-electron chi connectivity index (χ3n) is 4.90. The van der Waals surface area contributed by atoms with Gasteiger partial charge in [0.25, 0.3) is 0 Å². The number of aromatic nitrogens is 3. The van der Waals surface area contributed by atoms with E-state index in [0.29, 0.717) is 22.4 Å². The van der Waals surface area contributed by atoms with Crippen LogP contribution in [0.5, 0.6) is 0 Å². The predicted molar refractivity (Wildman–Crippen MR) is 108 cm³/mol. The Kier molecular flexibility index (Phi) is 4.87. The summed E-state index contributed by atoms with van der Waals surface area (Å²) in [6.45, 7) is 4.37. The molecule has 4 rings (SSSR count). The Bertz CT molecular complexity index is 1030. The highest BCUT2D eigenvalue weighted by Crippen LogP contribution is 2.30. The minimum atomic E-state index is -0.422. The summed E-state index contributed by atoms with van der Waals surface area (Å²) < 4.78 is 0. The van der Waals surface area contributed by atoms with Crippen molar-refractivity contribution in [1.29, 1.82) is 0 Å². The number of nitrogens with zero attached hydrogens (tertiary/aromatic N) is 4. The van der Waals surface area contributed by atoms with Crippen LogP contribution in [0.1, 0.15) is 17.5 Å². The quantitative estimate of drug-likeness (QED) is 0.735. The van der Waals surface area contributed by atoms with Crippen molar-refractivity contribution in [3.63, 3.8) is 0 Å². The summed E-state index contributed by atoms with van der Waals surface area (Å²) >= 11 is 1.26. The molecule has 0 radical (unpaired) electrons. The normalized spacial score (nSPS) is 16.4. The third-order valence-corrected chi connectivity index (χ3v) is 5.76. The van der Waals surface area contributed by atoms with Gasteiger partial charge in [-0.1, -0.05) is 29.5 Å². The first-order valence-corrected chi connectivity index (χ1v) is 9.77. The second kappa shape index (κ2) is 7.47. The highest BCUT2D eigenvalue weighted by Gasteiger charge is 2.36. The van der Waals surface area contributed by atoms with Crippen LogP contribution in [-0.2, 0) is 9.59 Å². The summed E-state index contributed by atoms with van der Waals surface area (Å²) in [4.78, 5) is 31.1. The minimum Gasteiger partial charge on any atom is -0.311 e. The van der Waals surface area contributed by atoms with E-state index in [4.69, 9.17) is 0 Å². The number of rotatable bonds is 4. The zero-order valence-electron chi connectivity index (χ0n) is 15.5. The van der Waals surface area contributed by atoms with Crippen molar-refractivity contribution in [1.82, 2.24) is 15.2 Å². The molecule has 1 aliphatic rings. The summed E-state index contributed by atoms with van der Waals surface area (Å²) in [7, 11) is 0. The summed E-state index contributed by atoms with van der Waals surface area (Å²) in [6, 6.07) is 11.4. The van der Waals surface area contributed by atoms with E-state index in [9.17, 15) is 9.59 Å². The van der Waals surface area contributed by atoms with Gasteiger partial charge in [0, 0.05) is 24.8 Å². The maximum Gasteiger partial charge on any atom is 0.231 e. The summed E-state index contributed by atoms with van der Waals surface area (Å²) in [5.74, 6) is -0.681. The number of benzene rings is 1. The molecule has 142 valence electrons. The van der Waals surface area contributed by atoms with Crippen LogP contribution < -0.4 is 10.2 Å². The lowest BCUT2D eigenvalue weighted by Crippen LogP contribution is -2.28. The molecule has 2 amide bonds. The Balaban J connectivity index is 1.46. The Morgan fingerprint density at radius 2 is 2.04 bits per heavy atom. The van der Waals surface area contributed by atoms with Gasteiger partial charge in [0.1, 0.15) is 5.69 Å². The second-order valence-electron chi connectivity index (χ2n) is 6.74. The van der Waals surface area contributed by atoms with Crippen molar-refractivity contribution in [2.45, 2.75) is 20.3 Å². The number of pyridine rings is 1. The van der Waals surface area contributed by atoms with Crippen LogP contribution in [0, 0.1) is 19.8 Å². The molecule has 1 unspecified atom stereocenters. The van der Waals surface area contributed by atoms with Crippen LogP contribution in [0.3, 0.4) is 0 Å². The van der Waals surface area contributed by atoms with Crippen molar-refractivity contribution < 1.29 is 9.59 Å². The molecule has 1 aromatic carbocycles. The second-order valence-corrected chi connectivity index (χ2v) is 7.72. The molecule has 1 aliphatic heterocycles. The molecule has 0 saturated carbocycles. The Labute approximate surface area is 166 Å². The lowest BCUT2D eigenvalue weighted by Gasteiger charge is -2.20. The van der Waals surface area contributed by atoms with E-state index in [1.54, 1.807) is 11.1 Å². The number of amides is 2. The van der Waals surface area contributed by atoms with E-state index in [1.165, 1.54) is 11.3 Å². The van der Waals surface area contributed by atoms with Crippen molar-refractivity contribution in [2.24, 2.45) is 5.92 Å². The number of nitrogens with one attached hydrogen (secondary N) is 1. The van der Waals surface area contributed by atoms with E-state index in [-0.39, 0.29) is 18.2 Å². The Morgan fingerprint density at radius 1 is 1.18 bits per heavy atom. The highest BCUT2D eigenvalue weighted by molar-refractivity contribution is 7.18. The molecular formula is C20H19N5O2S. The fraction of sp³-hybridized carbons (Fsp3) is 0.250. The molecule has 0 spiro atoms. The molecular weight excluding hydrogens is 374 g/mol. The van der Waals surface area contributed by atoms with E-state index in [1.807, 2.05) is 50.2 Å². The first kappa shape index (κ1) is 18.2. The molecule has 1 atom stereocenters. The van der Waals surface area contributed by atoms with Gasteiger partial charge in [0.2, 0.25) is 16.9 Å². The average molecular weight is 393 g/mol. The standard InChI is InChI=1S/C20H19N5O2S/c1-12-6-5-8-16(13(12)2)25-11-14(10-17(25)26)18(27)22-20-24-23-19(28-20)15-7-3-4-9-21-15/h3-9,14H,10-11H2,1-2H3,(H,22,24,27). The molecule has 3 aromatic rings. The Morgan fingerprint density at radius 3 is 2.82 bits per heavy atom. The van der Waals surface area contributed by atoms with Gasteiger partial charge in [-0.15, -0.1) is 10.2 Å². The van der Waals surface area contributed by atoms with Gasteiger partial charge in [-0.05, 0) is 43.2 Å². The molecule has 1 fully saturated rings. The van der Waals surface area contributed by atoms with Gasteiger partial charge in [0.05, 0.1) is 5.92 Å². The molecule has 1 saturated heterocycles. The van der Waals surface area contributed by atoms with Gasteiger partial charge < -0.3 is 10.2 Å². The zero-order valence-corrected chi connectivity index (χ0v) is 16.4. The first-order chi connectivity index (χ1) is 13.5. The van der Waals surface area contributed by atoms with Crippen LogP contribution in [0.25, 0.3) is 10.7 Å². The first-order valence-electron chi connectivity index (χ1n) is 8.95. The lowest BCUT2D eigenvalue weighted by molar-refractivity contribution is -0.122. The van der Waals surface area contributed by atoms with Gasteiger partial charge in [-0.3, -0.25) is 14.6 Å². The SMILES string of the molecule is Cc1cccc(N2CC(C(=O)Nc3nnc(-c4ccccn4)s3)CC2=O)c1C.